The second-order valence-electron chi connectivity index (χ2n) is 12.1. The van der Waals surface area contributed by atoms with Gasteiger partial charge in [-0.05, 0) is 12.8 Å². The molecule has 0 fully saturated rings. The molecule has 0 radical (unpaired) electrons. The zero-order chi connectivity index (χ0) is 31.7. The lowest BCUT2D eigenvalue weighted by Gasteiger charge is -2.20. The molecule has 7 nitrogen and oxygen atoms in total. The summed E-state index contributed by atoms with van der Waals surface area (Å²) >= 11 is 3.17. The van der Waals surface area contributed by atoms with Crippen LogP contribution in [-0.2, 0) is 23.1 Å². The van der Waals surface area contributed by atoms with E-state index in [4.69, 9.17) is 13.8 Å². The largest absolute Gasteiger partial charge is 0.472 e. The highest BCUT2D eigenvalue weighted by Gasteiger charge is 2.23. The predicted molar refractivity (Wildman–Crippen MR) is 185 cm³/mol. The third-order valence-electron chi connectivity index (χ3n) is 7.89. The Kier molecular flexibility index (Phi) is 33.4. The number of hydrogen-bond donors (Lipinski definition) is 2. The Bertz CT molecular complexity index is 642. The summed E-state index contributed by atoms with van der Waals surface area (Å²) in [5, 5.41) is 3.37. The molecule has 0 aromatic carbocycles. The Hall–Kier alpha value is 0.0200. The number of ether oxygens (including phenoxy) is 1. The highest BCUT2D eigenvalue weighted by atomic mass is 79.9. The van der Waals surface area contributed by atoms with Gasteiger partial charge in [0.2, 0.25) is 5.91 Å². The van der Waals surface area contributed by atoms with Gasteiger partial charge in [-0.1, -0.05) is 171 Å². The molecule has 2 unspecified atom stereocenters. The van der Waals surface area contributed by atoms with Crippen molar-refractivity contribution in [3.63, 3.8) is 0 Å². The Morgan fingerprint density at radius 3 is 1.51 bits per heavy atom. The molecule has 0 spiro atoms. The number of carbonyl (C=O) groups is 1. The second-order valence-corrected chi connectivity index (χ2v) is 14.4. The van der Waals surface area contributed by atoms with Gasteiger partial charge in [0.1, 0.15) is 0 Å². The molecule has 0 saturated carbocycles. The molecular weight excluding hydrogens is 629 g/mol. The van der Waals surface area contributed by atoms with Crippen molar-refractivity contribution < 1.29 is 28.0 Å². The standard InChI is InChI=1S/C34H69BrNO6P/c1-3-5-7-9-11-13-14-15-16-17-18-19-21-23-25-27-34(37)36-31-33(32-42-43(38,39)41-30-28-35)40-29-26-24-22-20-12-10-8-6-4-2/h33H,3-32H2,1-2H3,(H,36,37)(H,38,39). The van der Waals surface area contributed by atoms with Crippen molar-refractivity contribution in [2.45, 2.75) is 180 Å². The molecule has 0 aromatic heterocycles. The normalized spacial score (nSPS) is 13.7. The van der Waals surface area contributed by atoms with Crippen LogP contribution in [0, 0.1) is 0 Å². The zero-order valence-electron chi connectivity index (χ0n) is 28.1. The third kappa shape index (κ3) is 33.2. The zero-order valence-corrected chi connectivity index (χ0v) is 30.6. The molecule has 0 aliphatic heterocycles. The lowest BCUT2D eigenvalue weighted by atomic mass is 10.0. The van der Waals surface area contributed by atoms with E-state index in [2.05, 4.69) is 35.1 Å². The van der Waals surface area contributed by atoms with Gasteiger partial charge in [-0.15, -0.1) is 0 Å². The molecule has 9 heteroatoms. The minimum Gasteiger partial charge on any atom is -0.374 e. The minimum absolute atomic E-state index is 0.00548. The van der Waals surface area contributed by atoms with Gasteiger partial charge in [0.25, 0.3) is 0 Å². The minimum atomic E-state index is -4.15. The van der Waals surface area contributed by atoms with E-state index >= 15 is 0 Å². The molecule has 2 N–H and O–H groups in total. The summed E-state index contributed by atoms with van der Waals surface area (Å²) in [6.07, 6.45) is 30.5. The maximum Gasteiger partial charge on any atom is 0.472 e. The van der Waals surface area contributed by atoms with Gasteiger partial charge in [0.15, 0.2) is 0 Å². The highest BCUT2D eigenvalue weighted by molar-refractivity contribution is 9.09. The van der Waals surface area contributed by atoms with Crippen molar-refractivity contribution >= 4 is 29.7 Å². The van der Waals surface area contributed by atoms with Crippen LogP contribution in [0.15, 0.2) is 0 Å². The Morgan fingerprint density at radius 1 is 0.651 bits per heavy atom. The number of carbonyl (C=O) groups excluding carboxylic acids is 1. The number of nitrogens with one attached hydrogen (secondary N) is 1. The Balaban J connectivity index is 4.01. The summed E-state index contributed by atoms with van der Waals surface area (Å²) in [4.78, 5) is 22.3. The summed E-state index contributed by atoms with van der Waals surface area (Å²) in [5.41, 5.74) is 0. The number of unbranched alkanes of at least 4 members (excludes halogenated alkanes) is 22. The third-order valence-corrected chi connectivity index (χ3v) is 9.20. The van der Waals surface area contributed by atoms with Crippen LogP contribution in [-0.4, -0.2) is 48.6 Å². The van der Waals surface area contributed by atoms with Crippen LogP contribution >= 0.6 is 23.8 Å². The lowest BCUT2D eigenvalue weighted by molar-refractivity contribution is -0.122. The number of phosphoric ester groups is 1. The molecule has 0 aliphatic rings. The van der Waals surface area contributed by atoms with E-state index in [-0.39, 0.29) is 25.7 Å². The Labute approximate surface area is 274 Å². The van der Waals surface area contributed by atoms with E-state index < -0.39 is 13.9 Å². The van der Waals surface area contributed by atoms with Gasteiger partial charge in [-0.25, -0.2) is 4.57 Å². The fourth-order valence-corrected chi connectivity index (χ4v) is 6.33. The van der Waals surface area contributed by atoms with Crippen LogP contribution in [0.3, 0.4) is 0 Å². The molecule has 2 atom stereocenters. The summed E-state index contributed by atoms with van der Waals surface area (Å²) < 4.78 is 28.1. The van der Waals surface area contributed by atoms with Crippen LogP contribution in [0.4, 0.5) is 0 Å². The molecule has 0 aromatic rings. The predicted octanol–water partition coefficient (Wildman–Crippen LogP) is 10.8. The Morgan fingerprint density at radius 2 is 1.07 bits per heavy atom. The van der Waals surface area contributed by atoms with E-state index in [0.717, 1.165) is 25.7 Å². The van der Waals surface area contributed by atoms with Crippen molar-refractivity contribution in [3.05, 3.63) is 0 Å². The fourth-order valence-electron chi connectivity index (χ4n) is 5.17. The molecular formula is C34H69BrNO6P. The van der Waals surface area contributed by atoms with Crippen molar-refractivity contribution in [1.82, 2.24) is 5.32 Å². The van der Waals surface area contributed by atoms with Gasteiger partial charge >= 0.3 is 7.82 Å². The first-order valence-electron chi connectivity index (χ1n) is 18.0. The van der Waals surface area contributed by atoms with Gasteiger partial charge in [0, 0.05) is 24.9 Å². The van der Waals surface area contributed by atoms with E-state index in [1.807, 2.05) is 0 Å². The topological polar surface area (TPSA) is 94.1 Å². The molecule has 1 amide bonds. The van der Waals surface area contributed by atoms with Crippen molar-refractivity contribution in [2.24, 2.45) is 0 Å². The number of rotatable bonds is 35. The first kappa shape index (κ1) is 43.0. The van der Waals surface area contributed by atoms with Crippen LogP contribution in [0.2, 0.25) is 0 Å². The van der Waals surface area contributed by atoms with Crippen molar-refractivity contribution in [3.8, 4) is 0 Å². The van der Waals surface area contributed by atoms with E-state index in [9.17, 15) is 14.3 Å². The van der Waals surface area contributed by atoms with Gasteiger partial charge in [-0.2, -0.15) is 0 Å². The molecule has 258 valence electrons. The highest BCUT2D eigenvalue weighted by Crippen LogP contribution is 2.43. The number of amides is 1. The average Bonchev–Trinajstić information content (AvgIpc) is 3.00. The summed E-state index contributed by atoms with van der Waals surface area (Å²) in [5.74, 6) is -0.00548. The van der Waals surface area contributed by atoms with Crippen molar-refractivity contribution in [1.29, 1.82) is 0 Å². The second kappa shape index (κ2) is 33.4. The summed E-state index contributed by atoms with van der Waals surface area (Å²) in [6, 6.07) is 0. The van der Waals surface area contributed by atoms with E-state index in [0.29, 0.717) is 18.4 Å². The quantitative estimate of drug-likeness (QED) is 0.0389. The van der Waals surface area contributed by atoms with Crippen LogP contribution in [0.25, 0.3) is 0 Å². The van der Waals surface area contributed by atoms with Gasteiger partial charge in [-0.3, -0.25) is 13.8 Å². The van der Waals surface area contributed by atoms with Crippen LogP contribution in [0.1, 0.15) is 174 Å². The van der Waals surface area contributed by atoms with Gasteiger partial charge in [0.05, 0.1) is 19.3 Å². The molecule has 0 rings (SSSR count). The fraction of sp³-hybridized carbons (Fsp3) is 0.971. The number of halogens is 1. The number of alkyl halides is 1. The molecule has 0 bridgehead atoms. The number of phosphoric acid groups is 1. The molecule has 0 heterocycles. The number of hydrogen-bond acceptors (Lipinski definition) is 5. The molecule has 43 heavy (non-hydrogen) atoms. The van der Waals surface area contributed by atoms with Crippen molar-refractivity contribution in [2.75, 3.05) is 31.7 Å². The maximum absolute atomic E-state index is 12.4. The smallest absolute Gasteiger partial charge is 0.374 e. The first-order valence-corrected chi connectivity index (χ1v) is 20.6. The first-order chi connectivity index (χ1) is 20.9. The summed E-state index contributed by atoms with van der Waals surface area (Å²) in [6.45, 7) is 5.28. The molecule has 0 aliphatic carbocycles. The lowest BCUT2D eigenvalue weighted by Crippen LogP contribution is -2.36. The van der Waals surface area contributed by atoms with Crippen LogP contribution in [0.5, 0.6) is 0 Å². The van der Waals surface area contributed by atoms with Crippen LogP contribution < -0.4 is 5.32 Å². The average molecular weight is 699 g/mol. The maximum atomic E-state index is 12.4. The van der Waals surface area contributed by atoms with E-state index in [1.165, 1.54) is 128 Å². The van der Waals surface area contributed by atoms with Gasteiger partial charge < -0.3 is 14.9 Å². The summed E-state index contributed by atoms with van der Waals surface area (Å²) in [7, 11) is -4.15. The SMILES string of the molecule is CCCCCCCCCCCCCCCCCC(=O)NCC(COP(=O)(O)OCCBr)OCCCCCCCCCCC. The van der Waals surface area contributed by atoms with E-state index in [1.54, 1.807) is 0 Å². The monoisotopic (exact) mass is 697 g/mol. The molecule has 0 saturated heterocycles.